The number of nitrogens with zero attached hydrogens (tertiary/aromatic N) is 5. The minimum absolute atomic E-state index is 0. The first kappa shape index (κ1) is 55.4. The summed E-state index contributed by atoms with van der Waals surface area (Å²) in [6, 6.07) is 78.0. The van der Waals surface area contributed by atoms with E-state index in [0.29, 0.717) is 11.5 Å². The standard InChI is InChI=1S/C76H70N5O.Pt/c1-73(2,3)53-37-38-77-69(44-53)81-66-32-22-31-65-70(66)71-67(80(65)57-25-17-14-18-26-57)46-60(47-68(71)81)82-59-28-21-27-58(45-59)78-48-79(64-30-20-19-29-63(64)78)72-61(51-35-33-50(34-36-51)49-23-15-13-16-24-49)42-56(76(10,11)12)43-62(72)52-39-54(74(4,5)6)41-55(40-52)75(7,8)9;/h13-44,46,48H,1-12H3;/q-3;. The number of hydrogen-bond donors (Lipinski definition) is 0. The van der Waals surface area contributed by atoms with Gasteiger partial charge in [0.05, 0.1) is 0 Å². The van der Waals surface area contributed by atoms with Crippen LogP contribution in [0.15, 0.2) is 200 Å². The molecule has 0 aliphatic carbocycles. The molecule has 418 valence electrons. The third-order valence-electron chi connectivity index (χ3n) is 16.4. The summed E-state index contributed by atoms with van der Waals surface area (Å²) in [5.41, 5.74) is 21.0. The van der Waals surface area contributed by atoms with Gasteiger partial charge in [-0.05, 0) is 138 Å². The normalized spacial score (nSPS) is 13.1. The van der Waals surface area contributed by atoms with Gasteiger partial charge in [-0.15, -0.1) is 42.7 Å². The summed E-state index contributed by atoms with van der Waals surface area (Å²) in [6.07, 6.45) is 1.93. The first-order valence-electron chi connectivity index (χ1n) is 28.8. The van der Waals surface area contributed by atoms with Crippen LogP contribution in [0.3, 0.4) is 0 Å². The van der Waals surface area contributed by atoms with Crippen molar-refractivity contribution in [1.29, 1.82) is 0 Å². The van der Waals surface area contributed by atoms with Crippen LogP contribution in [-0.2, 0) is 42.7 Å². The van der Waals surface area contributed by atoms with Crippen molar-refractivity contribution in [1.82, 2.24) is 14.1 Å². The molecule has 0 atom stereocenters. The molecule has 0 bridgehead atoms. The van der Waals surface area contributed by atoms with Crippen molar-refractivity contribution in [3.63, 3.8) is 0 Å². The van der Waals surface area contributed by atoms with E-state index in [2.05, 4.69) is 309 Å². The summed E-state index contributed by atoms with van der Waals surface area (Å²) in [6.45, 7) is 29.9. The number of aromatic nitrogens is 3. The van der Waals surface area contributed by atoms with Gasteiger partial charge in [0.15, 0.2) is 0 Å². The summed E-state index contributed by atoms with van der Waals surface area (Å²) in [5.74, 6) is 2.00. The fourth-order valence-electron chi connectivity index (χ4n) is 11.8. The summed E-state index contributed by atoms with van der Waals surface area (Å²) in [5, 5.41) is 2.29. The van der Waals surface area contributed by atoms with E-state index in [4.69, 9.17) is 9.72 Å². The Balaban J connectivity index is 0.00000680. The van der Waals surface area contributed by atoms with Gasteiger partial charge in [0.25, 0.3) is 0 Å². The van der Waals surface area contributed by atoms with Crippen LogP contribution >= 0.6 is 0 Å². The molecular weight excluding hydrogens is 1190 g/mol. The molecule has 0 saturated heterocycles. The number of anilines is 4. The molecule has 7 heteroatoms. The van der Waals surface area contributed by atoms with Crippen molar-refractivity contribution in [2.45, 2.75) is 105 Å². The maximum atomic E-state index is 7.06. The summed E-state index contributed by atoms with van der Waals surface area (Å²) >= 11 is 0. The number of ether oxygens (including phenoxy) is 1. The SMILES string of the molecule is CC(C)(C)c1cc(-c2cc(C(C)(C)C)cc(-c3ccc(-c4ccccc4)cc3)c2N2[CH-]N(c3[c-]c(Oc4[c-]c5c6c7c(cccc7n(-c7ccccc7)c6c4)n5-c4cc(C(C)(C)C)ccn4)ccc3)c3ccccc32)cc(C(C)(C)C)c1.[Pt]. The van der Waals surface area contributed by atoms with Crippen LogP contribution in [0, 0.1) is 18.8 Å². The van der Waals surface area contributed by atoms with Gasteiger partial charge in [0.2, 0.25) is 0 Å². The maximum absolute atomic E-state index is 7.06. The number of benzene rings is 9. The fourth-order valence-corrected chi connectivity index (χ4v) is 11.8. The molecule has 0 N–H and O–H groups in total. The second-order valence-corrected chi connectivity index (χ2v) is 26.3. The molecule has 1 aliphatic rings. The smallest absolute Gasteiger partial charge is 0.135 e. The van der Waals surface area contributed by atoms with Crippen LogP contribution < -0.4 is 14.5 Å². The van der Waals surface area contributed by atoms with Gasteiger partial charge in [-0.1, -0.05) is 203 Å². The van der Waals surface area contributed by atoms with Crippen LogP contribution in [0.1, 0.15) is 105 Å². The van der Waals surface area contributed by atoms with Gasteiger partial charge >= 0.3 is 0 Å². The molecule has 0 fully saturated rings. The molecule has 3 aromatic heterocycles. The van der Waals surface area contributed by atoms with Gasteiger partial charge in [0.1, 0.15) is 5.82 Å². The van der Waals surface area contributed by atoms with Crippen molar-refractivity contribution in [2.75, 3.05) is 9.80 Å². The minimum atomic E-state index is -0.150. The molecule has 0 saturated carbocycles. The summed E-state index contributed by atoms with van der Waals surface area (Å²) in [4.78, 5) is 9.68. The number of fused-ring (bicyclic) bond motifs is 1. The molecule has 4 heterocycles. The molecule has 0 spiro atoms. The molecule has 13 rings (SSSR count). The zero-order valence-electron chi connectivity index (χ0n) is 49.6. The first-order chi connectivity index (χ1) is 39.2. The zero-order chi connectivity index (χ0) is 57.0. The Kier molecular flexibility index (Phi) is 13.7. The van der Waals surface area contributed by atoms with Crippen molar-refractivity contribution in [2.24, 2.45) is 0 Å². The topological polar surface area (TPSA) is 38.5 Å². The quantitative estimate of drug-likeness (QED) is 0.135. The Morgan fingerprint density at radius 2 is 0.952 bits per heavy atom. The van der Waals surface area contributed by atoms with E-state index in [1.54, 1.807) is 0 Å². The van der Waals surface area contributed by atoms with E-state index in [9.17, 15) is 0 Å². The Morgan fingerprint density at radius 1 is 0.410 bits per heavy atom. The third kappa shape index (κ3) is 10.0. The Labute approximate surface area is 504 Å². The number of para-hydroxylation sites is 3. The van der Waals surface area contributed by atoms with Gasteiger partial charge < -0.3 is 23.7 Å². The monoisotopic (exact) mass is 1260 g/mol. The van der Waals surface area contributed by atoms with Crippen LogP contribution in [0.25, 0.3) is 77.7 Å². The van der Waals surface area contributed by atoms with Crippen molar-refractivity contribution in [3.8, 4) is 56.4 Å². The molecule has 12 aromatic rings. The van der Waals surface area contributed by atoms with Gasteiger partial charge in [-0.25, -0.2) is 4.98 Å². The second kappa shape index (κ2) is 20.6. The van der Waals surface area contributed by atoms with E-state index in [1.165, 1.54) is 49.9 Å². The Morgan fingerprint density at radius 3 is 1.59 bits per heavy atom. The molecule has 6 nitrogen and oxygen atoms in total. The molecule has 1 aliphatic heterocycles. The predicted octanol–water partition coefficient (Wildman–Crippen LogP) is 20.6. The number of hydrogen-bond acceptors (Lipinski definition) is 4. The average molecular weight is 1260 g/mol. The zero-order valence-corrected chi connectivity index (χ0v) is 51.9. The van der Waals surface area contributed by atoms with Gasteiger partial charge in [-0.2, -0.15) is 6.07 Å². The van der Waals surface area contributed by atoms with E-state index in [1.807, 2.05) is 12.3 Å². The molecule has 0 amide bonds. The first-order valence-corrected chi connectivity index (χ1v) is 28.8. The van der Waals surface area contributed by atoms with Crippen LogP contribution in [-0.4, -0.2) is 14.1 Å². The van der Waals surface area contributed by atoms with Crippen molar-refractivity contribution >= 4 is 55.6 Å². The predicted molar refractivity (Wildman–Crippen MR) is 343 cm³/mol. The van der Waals surface area contributed by atoms with Crippen LogP contribution in [0.4, 0.5) is 22.7 Å². The molecule has 83 heavy (non-hydrogen) atoms. The minimum Gasteiger partial charge on any atom is -0.509 e. The van der Waals surface area contributed by atoms with Crippen LogP contribution in [0.2, 0.25) is 0 Å². The van der Waals surface area contributed by atoms with E-state index < -0.39 is 0 Å². The third-order valence-corrected chi connectivity index (χ3v) is 16.4. The van der Waals surface area contributed by atoms with E-state index >= 15 is 0 Å². The van der Waals surface area contributed by atoms with E-state index in [-0.39, 0.29) is 42.7 Å². The Bertz CT molecular complexity index is 4340. The second-order valence-electron chi connectivity index (χ2n) is 26.3. The van der Waals surface area contributed by atoms with Crippen LogP contribution in [0.5, 0.6) is 11.5 Å². The average Bonchev–Trinajstić information content (AvgIpc) is 4.34. The maximum Gasteiger partial charge on any atom is 0.135 e. The van der Waals surface area contributed by atoms with Gasteiger partial charge in [-0.3, -0.25) is 0 Å². The van der Waals surface area contributed by atoms with Crippen molar-refractivity contribution < 1.29 is 25.8 Å². The largest absolute Gasteiger partial charge is 0.509 e. The van der Waals surface area contributed by atoms with Gasteiger partial charge in [0, 0.05) is 83.7 Å². The molecule has 9 aromatic carbocycles. The fraction of sp³-hybridized carbons (Fsp3) is 0.211. The summed E-state index contributed by atoms with van der Waals surface area (Å²) < 4.78 is 11.7. The number of pyridine rings is 1. The van der Waals surface area contributed by atoms with E-state index in [0.717, 1.165) is 72.8 Å². The molecule has 0 radical (unpaired) electrons. The molecular formula is C76H70N5OPt-3. The Hall–Kier alpha value is -8.18. The number of rotatable bonds is 9. The summed E-state index contributed by atoms with van der Waals surface area (Å²) in [7, 11) is 0. The van der Waals surface area contributed by atoms with Crippen molar-refractivity contribution in [3.05, 3.63) is 241 Å². The molecule has 0 unspecified atom stereocenters.